The summed E-state index contributed by atoms with van der Waals surface area (Å²) in [7, 11) is 0. The number of nitrogen functional groups attached to an aromatic ring is 1. The molecule has 0 amide bonds. The van der Waals surface area contributed by atoms with E-state index in [2.05, 4.69) is 15.0 Å². The average molecular weight is 496 g/mol. The van der Waals surface area contributed by atoms with Gasteiger partial charge in [0.1, 0.15) is 25.0 Å². The number of nitrogens with two attached hydrogens (primary N) is 1. The SMILES string of the molecule is [2H]C([2H])(Oc1nc(N)nc2c1ncn2[C@H]1C[C@H](OC(=O)C(C)C)[C@@H](COC(=O)C(C)C)O1)C(=O)OCC. The number of nitrogens with zero attached hydrogens (tertiary/aromatic N) is 4. The van der Waals surface area contributed by atoms with Gasteiger partial charge in [0.25, 0.3) is 0 Å². The Bertz CT molecular complexity index is 1160. The van der Waals surface area contributed by atoms with Crippen molar-refractivity contribution >= 4 is 35.0 Å². The second-order valence-corrected chi connectivity index (χ2v) is 8.42. The first-order chi connectivity index (χ1) is 17.3. The quantitative estimate of drug-likeness (QED) is 0.372. The van der Waals surface area contributed by atoms with Crippen LogP contribution in [-0.4, -0.2) is 69.4 Å². The van der Waals surface area contributed by atoms with E-state index in [0.29, 0.717) is 0 Å². The molecular formula is C22H31N5O8. The highest BCUT2D eigenvalue weighted by Crippen LogP contribution is 2.34. The number of hydrogen-bond donors (Lipinski definition) is 1. The Kier molecular flexibility index (Phi) is 7.51. The number of carbonyl (C=O) groups is 3. The predicted molar refractivity (Wildman–Crippen MR) is 121 cm³/mol. The Labute approximate surface area is 205 Å². The number of esters is 3. The van der Waals surface area contributed by atoms with Crippen molar-refractivity contribution in [3.8, 4) is 5.88 Å². The highest BCUT2D eigenvalue weighted by Gasteiger charge is 2.41. The summed E-state index contributed by atoms with van der Waals surface area (Å²) in [4.78, 5) is 48.5. The second-order valence-electron chi connectivity index (χ2n) is 8.42. The van der Waals surface area contributed by atoms with Gasteiger partial charge in [0, 0.05) is 6.42 Å². The molecule has 0 aliphatic carbocycles. The lowest BCUT2D eigenvalue weighted by atomic mass is 10.1. The summed E-state index contributed by atoms with van der Waals surface area (Å²) in [5.74, 6) is -3.48. The molecule has 0 saturated carbocycles. The van der Waals surface area contributed by atoms with Gasteiger partial charge in [-0.05, 0) is 6.92 Å². The molecule has 0 unspecified atom stereocenters. The third kappa shape index (κ3) is 6.35. The highest BCUT2D eigenvalue weighted by molar-refractivity contribution is 5.78. The smallest absolute Gasteiger partial charge is 0.344 e. The Balaban J connectivity index is 1.90. The van der Waals surface area contributed by atoms with Crippen LogP contribution in [0.5, 0.6) is 5.88 Å². The molecule has 3 heterocycles. The molecular weight excluding hydrogens is 462 g/mol. The van der Waals surface area contributed by atoms with Gasteiger partial charge in [0.15, 0.2) is 17.7 Å². The minimum atomic E-state index is -2.86. The van der Waals surface area contributed by atoms with E-state index >= 15 is 0 Å². The van der Waals surface area contributed by atoms with Crippen LogP contribution in [0.3, 0.4) is 0 Å². The van der Waals surface area contributed by atoms with Crippen LogP contribution < -0.4 is 10.5 Å². The van der Waals surface area contributed by atoms with E-state index < -0.39 is 42.9 Å². The molecule has 3 atom stereocenters. The van der Waals surface area contributed by atoms with E-state index in [4.69, 9.17) is 32.2 Å². The van der Waals surface area contributed by atoms with Crippen molar-refractivity contribution in [2.45, 2.75) is 59.5 Å². The zero-order valence-corrected chi connectivity index (χ0v) is 20.2. The summed E-state index contributed by atoms with van der Waals surface area (Å²) in [6.45, 7) is 5.27. The summed E-state index contributed by atoms with van der Waals surface area (Å²) < 4.78 is 44.1. The van der Waals surface area contributed by atoms with Crippen molar-refractivity contribution in [1.29, 1.82) is 0 Å². The van der Waals surface area contributed by atoms with Crippen molar-refractivity contribution in [2.24, 2.45) is 11.8 Å². The van der Waals surface area contributed by atoms with Crippen LogP contribution in [-0.2, 0) is 33.3 Å². The molecule has 35 heavy (non-hydrogen) atoms. The van der Waals surface area contributed by atoms with Crippen LogP contribution in [0.25, 0.3) is 11.2 Å². The molecule has 1 aliphatic rings. The van der Waals surface area contributed by atoms with Gasteiger partial charge >= 0.3 is 17.9 Å². The normalized spacial score (nSPS) is 21.1. The van der Waals surface area contributed by atoms with E-state index in [1.807, 2.05) is 0 Å². The minimum Gasteiger partial charge on any atom is -0.464 e. The third-order valence-corrected chi connectivity index (χ3v) is 5.00. The fourth-order valence-corrected chi connectivity index (χ4v) is 3.20. The zero-order valence-electron chi connectivity index (χ0n) is 22.2. The molecule has 1 saturated heterocycles. The van der Waals surface area contributed by atoms with Gasteiger partial charge in [-0.3, -0.25) is 14.2 Å². The molecule has 13 nitrogen and oxygen atoms in total. The van der Waals surface area contributed by atoms with E-state index in [1.54, 1.807) is 27.7 Å². The molecule has 192 valence electrons. The lowest BCUT2D eigenvalue weighted by Gasteiger charge is -2.20. The van der Waals surface area contributed by atoms with Crippen molar-refractivity contribution in [3.63, 3.8) is 0 Å². The summed E-state index contributed by atoms with van der Waals surface area (Å²) in [5.41, 5.74) is 5.95. The Morgan fingerprint density at radius 1 is 1.20 bits per heavy atom. The number of imidazole rings is 1. The molecule has 1 fully saturated rings. The van der Waals surface area contributed by atoms with Crippen molar-refractivity contribution in [3.05, 3.63) is 6.33 Å². The number of aromatic nitrogens is 4. The summed E-state index contributed by atoms with van der Waals surface area (Å²) in [6.07, 6.45) is -0.731. The molecule has 13 heteroatoms. The first-order valence-electron chi connectivity index (χ1n) is 12.2. The van der Waals surface area contributed by atoms with E-state index in [0.717, 1.165) is 0 Å². The average Bonchev–Trinajstić information content (AvgIpc) is 3.41. The fraction of sp³-hybridized carbons (Fsp3) is 0.636. The molecule has 3 rings (SSSR count). The number of carbonyl (C=O) groups excluding carboxylic acids is 3. The Hall–Kier alpha value is -3.48. The first kappa shape index (κ1) is 23.3. The summed E-state index contributed by atoms with van der Waals surface area (Å²) in [5, 5.41) is 0. The van der Waals surface area contributed by atoms with Crippen LogP contribution in [0.2, 0.25) is 0 Å². The van der Waals surface area contributed by atoms with Gasteiger partial charge < -0.3 is 29.4 Å². The maximum absolute atomic E-state index is 12.3. The lowest BCUT2D eigenvalue weighted by molar-refractivity contribution is -0.162. The van der Waals surface area contributed by atoms with Crippen molar-refractivity contribution < 1.29 is 40.8 Å². The van der Waals surface area contributed by atoms with Crippen LogP contribution >= 0.6 is 0 Å². The maximum Gasteiger partial charge on any atom is 0.344 e. The Morgan fingerprint density at radius 2 is 1.91 bits per heavy atom. The van der Waals surface area contributed by atoms with E-state index in [1.165, 1.54) is 17.8 Å². The second kappa shape index (κ2) is 11.3. The van der Waals surface area contributed by atoms with Gasteiger partial charge in [-0.1, -0.05) is 27.7 Å². The number of fused-ring (bicyclic) bond motifs is 1. The predicted octanol–water partition coefficient (Wildman–Crippen LogP) is 1.40. The van der Waals surface area contributed by atoms with Crippen LogP contribution in [0, 0.1) is 11.8 Å². The number of anilines is 1. The summed E-state index contributed by atoms with van der Waals surface area (Å²) >= 11 is 0. The molecule has 2 aromatic heterocycles. The fourth-order valence-electron chi connectivity index (χ4n) is 3.20. The molecule has 0 aromatic carbocycles. The molecule has 2 N–H and O–H groups in total. The molecule has 0 spiro atoms. The monoisotopic (exact) mass is 495 g/mol. The maximum atomic E-state index is 12.3. The van der Waals surface area contributed by atoms with Gasteiger partial charge in [0.05, 0.1) is 27.5 Å². The molecule has 0 radical (unpaired) electrons. The molecule has 2 aromatic rings. The van der Waals surface area contributed by atoms with E-state index in [-0.39, 0.29) is 54.5 Å². The summed E-state index contributed by atoms with van der Waals surface area (Å²) in [6, 6.07) is 0. The van der Waals surface area contributed by atoms with Crippen LogP contribution in [0.4, 0.5) is 5.95 Å². The highest BCUT2D eigenvalue weighted by atomic mass is 16.6. The standard InChI is InChI=1S/C22H31N5O8/c1-6-31-16(28)9-32-19-17-18(25-22(23)26-19)27(10-24-17)15-7-13(35-21(30)12(4)5)14(34-15)8-33-20(29)11(2)3/h10-15H,6-9H2,1-5H3,(H2,23,25,26)/t13-,14+,15+/m0/s1/i9D2. The number of hydrogen-bond acceptors (Lipinski definition) is 12. The van der Waals surface area contributed by atoms with Crippen LogP contribution in [0.1, 0.15) is 50.0 Å². The third-order valence-electron chi connectivity index (χ3n) is 5.00. The van der Waals surface area contributed by atoms with Gasteiger partial charge in [-0.2, -0.15) is 9.97 Å². The molecule has 1 aliphatic heterocycles. The Morgan fingerprint density at radius 3 is 2.57 bits per heavy atom. The van der Waals surface area contributed by atoms with Crippen molar-refractivity contribution in [2.75, 3.05) is 25.5 Å². The number of rotatable bonds is 10. The van der Waals surface area contributed by atoms with Gasteiger partial charge in [-0.15, -0.1) is 0 Å². The largest absolute Gasteiger partial charge is 0.464 e. The minimum absolute atomic E-state index is 0.0105. The van der Waals surface area contributed by atoms with Crippen molar-refractivity contribution in [1.82, 2.24) is 19.5 Å². The first-order valence-corrected chi connectivity index (χ1v) is 11.2. The topological polar surface area (TPSA) is 167 Å². The molecule has 0 bridgehead atoms. The van der Waals surface area contributed by atoms with Crippen LogP contribution in [0.15, 0.2) is 6.33 Å². The van der Waals surface area contributed by atoms with Gasteiger partial charge in [0.2, 0.25) is 11.8 Å². The van der Waals surface area contributed by atoms with E-state index in [9.17, 15) is 14.4 Å². The lowest BCUT2D eigenvalue weighted by Crippen LogP contribution is -2.33. The number of ether oxygens (including phenoxy) is 5. The zero-order chi connectivity index (χ0) is 27.5. The van der Waals surface area contributed by atoms with Gasteiger partial charge in [-0.25, -0.2) is 9.78 Å².